The number of rotatable bonds is 5. The van der Waals surface area contributed by atoms with Crippen LogP contribution < -0.4 is 10.2 Å². The van der Waals surface area contributed by atoms with Gasteiger partial charge in [-0.25, -0.2) is 8.91 Å². The summed E-state index contributed by atoms with van der Waals surface area (Å²) in [6.07, 6.45) is 5.35. The second kappa shape index (κ2) is 8.37. The average Bonchev–Trinajstić information content (AvgIpc) is 3.27. The van der Waals surface area contributed by atoms with Crippen molar-refractivity contribution in [1.82, 2.24) is 19.8 Å². The number of carbonyl (C=O) groups excluding carboxylic acids is 1. The molecule has 9 nitrogen and oxygen atoms in total. The van der Waals surface area contributed by atoms with E-state index in [1.54, 1.807) is 10.7 Å². The van der Waals surface area contributed by atoms with Crippen LogP contribution in [-0.4, -0.2) is 58.1 Å². The Morgan fingerprint density at radius 1 is 1.24 bits per heavy atom. The first-order valence-corrected chi connectivity index (χ1v) is 12.7. The number of anilines is 2. The van der Waals surface area contributed by atoms with E-state index in [2.05, 4.69) is 31.5 Å². The number of pyridine rings is 1. The number of carbonyl (C=O) groups is 1. The van der Waals surface area contributed by atoms with Gasteiger partial charge in [0.25, 0.3) is 5.91 Å². The van der Waals surface area contributed by atoms with Crippen LogP contribution in [-0.2, 0) is 4.74 Å². The van der Waals surface area contributed by atoms with Gasteiger partial charge in [-0.2, -0.15) is 10.1 Å². The SMILES string of the molecule is Cc1ccc(-c2noc([C@H]3C[C@@H]3F)n2)cc1NC(=O)c1cnn2ccc(N3CCCC4(COC4)C3)cc12. The number of benzene rings is 1. The van der Waals surface area contributed by atoms with Gasteiger partial charge in [0.2, 0.25) is 11.7 Å². The second-order valence-corrected chi connectivity index (χ2v) is 10.6. The van der Waals surface area contributed by atoms with Crippen molar-refractivity contribution in [3.05, 3.63) is 59.7 Å². The van der Waals surface area contributed by atoms with E-state index in [1.807, 2.05) is 37.4 Å². The van der Waals surface area contributed by atoms with Gasteiger partial charge in [0, 0.05) is 41.6 Å². The number of aromatic nitrogens is 4. The molecule has 1 aliphatic carbocycles. The van der Waals surface area contributed by atoms with Gasteiger partial charge in [0.1, 0.15) is 6.17 Å². The molecule has 4 aromatic rings. The lowest BCUT2D eigenvalue weighted by Gasteiger charge is -2.48. The summed E-state index contributed by atoms with van der Waals surface area (Å²) in [5.41, 5.74) is 4.82. The van der Waals surface area contributed by atoms with Crippen LogP contribution in [0.15, 0.2) is 47.2 Å². The Hall–Kier alpha value is -3.79. The average molecular weight is 503 g/mol. The lowest BCUT2D eigenvalue weighted by atomic mass is 9.78. The smallest absolute Gasteiger partial charge is 0.259 e. The molecule has 1 amide bonds. The minimum Gasteiger partial charge on any atom is -0.380 e. The maximum atomic E-state index is 13.4. The Morgan fingerprint density at radius 3 is 2.89 bits per heavy atom. The Morgan fingerprint density at radius 2 is 2.11 bits per heavy atom. The van der Waals surface area contributed by atoms with E-state index in [9.17, 15) is 9.18 Å². The van der Waals surface area contributed by atoms with Gasteiger partial charge in [0.15, 0.2) is 0 Å². The molecule has 10 heteroatoms. The Balaban J connectivity index is 1.14. The maximum absolute atomic E-state index is 13.4. The van der Waals surface area contributed by atoms with Gasteiger partial charge in [-0.15, -0.1) is 0 Å². The van der Waals surface area contributed by atoms with E-state index in [0.29, 0.717) is 35.0 Å². The van der Waals surface area contributed by atoms with E-state index in [1.165, 1.54) is 6.42 Å². The van der Waals surface area contributed by atoms with Crippen LogP contribution in [0.5, 0.6) is 0 Å². The van der Waals surface area contributed by atoms with Gasteiger partial charge in [-0.3, -0.25) is 4.79 Å². The minimum absolute atomic E-state index is 0.248. The summed E-state index contributed by atoms with van der Waals surface area (Å²) >= 11 is 0. The van der Waals surface area contributed by atoms with Crippen LogP contribution in [0, 0.1) is 12.3 Å². The molecule has 0 unspecified atom stereocenters. The van der Waals surface area contributed by atoms with E-state index in [-0.39, 0.29) is 17.2 Å². The fraction of sp³-hybridized carbons (Fsp3) is 0.407. The highest BCUT2D eigenvalue weighted by molar-refractivity contribution is 6.09. The van der Waals surface area contributed by atoms with Crippen LogP contribution in [0.4, 0.5) is 15.8 Å². The lowest BCUT2D eigenvalue weighted by Crippen LogP contribution is -2.54. The van der Waals surface area contributed by atoms with Crippen LogP contribution >= 0.6 is 0 Å². The molecule has 1 spiro atoms. The second-order valence-electron chi connectivity index (χ2n) is 10.6. The summed E-state index contributed by atoms with van der Waals surface area (Å²) in [6.45, 7) is 5.53. The normalized spacial score (nSPS) is 22.3. The Kier molecular flexibility index (Phi) is 5.07. The summed E-state index contributed by atoms with van der Waals surface area (Å²) in [6, 6.07) is 9.66. The van der Waals surface area contributed by atoms with Crippen molar-refractivity contribution < 1.29 is 18.4 Å². The van der Waals surface area contributed by atoms with Crippen molar-refractivity contribution in [2.24, 2.45) is 5.41 Å². The first-order chi connectivity index (χ1) is 18.0. The summed E-state index contributed by atoms with van der Waals surface area (Å²) in [5.74, 6) is 0.146. The third kappa shape index (κ3) is 3.96. The molecule has 3 aromatic heterocycles. The van der Waals surface area contributed by atoms with Crippen LogP contribution in [0.25, 0.3) is 16.9 Å². The molecule has 2 aliphatic heterocycles. The summed E-state index contributed by atoms with van der Waals surface area (Å²) in [7, 11) is 0. The predicted molar refractivity (Wildman–Crippen MR) is 135 cm³/mol. The lowest BCUT2D eigenvalue weighted by molar-refractivity contribution is -0.117. The molecule has 0 bridgehead atoms. The van der Waals surface area contributed by atoms with Crippen LogP contribution in [0.3, 0.4) is 0 Å². The zero-order valence-electron chi connectivity index (χ0n) is 20.5. The van der Waals surface area contributed by atoms with Gasteiger partial charge in [0.05, 0.1) is 36.4 Å². The number of hydrogen-bond donors (Lipinski definition) is 1. The first-order valence-electron chi connectivity index (χ1n) is 12.7. The Labute approximate surface area is 212 Å². The van der Waals surface area contributed by atoms with Crippen molar-refractivity contribution in [1.29, 1.82) is 0 Å². The number of amides is 1. The van der Waals surface area contributed by atoms with Gasteiger partial charge < -0.3 is 19.5 Å². The predicted octanol–water partition coefficient (Wildman–Crippen LogP) is 4.39. The van der Waals surface area contributed by atoms with E-state index < -0.39 is 6.17 Å². The largest absolute Gasteiger partial charge is 0.380 e. The number of piperidine rings is 1. The molecule has 1 N–H and O–H groups in total. The number of ether oxygens (including phenoxy) is 1. The molecule has 0 radical (unpaired) electrons. The molecular weight excluding hydrogens is 475 g/mol. The van der Waals surface area contributed by atoms with Gasteiger partial charge >= 0.3 is 0 Å². The fourth-order valence-corrected chi connectivity index (χ4v) is 5.40. The maximum Gasteiger partial charge on any atom is 0.259 e. The number of nitrogens with one attached hydrogen (secondary N) is 1. The van der Waals surface area contributed by atoms with Gasteiger partial charge in [-0.05, 0) is 49.9 Å². The molecule has 190 valence electrons. The third-order valence-corrected chi connectivity index (χ3v) is 7.81. The highest BCUT2D eigenvalue weighted by Crippen LogP contribution is 2.43. The number of nitrogens with zero attached hydrogens (tertiary/aromatic N) is 5. The fourth-order valence-electron chi connectivity index (χ4n) is 5.40. The number of fused-ring (bicyclic) bond motifs is 1. The van der Waals surface area contributed by atoms with E-state index in [4.69, 9.17) is 9.26 Å². The van der Waals surface area contributed by atoms with Crippen LogP contribution in [0.2, 0.25) is 0 Å². The summed E-state index contributed by atoms with van der Waals surface area (Å²) in [4.78, 5) is 20.1. The molecule has 2 saturated heterocycles. The summed E-state index contributed by atoms with van der Waals surface area (Å²) < 4.78 is 25.9. The Bertz CT molecular complexity index is 1510. The van der Waals surface area contributed by atoms with Crippen molar-refractivity contribution in [2.45, 2.75) is 38.3 Å². The molecule has 3 fully saturated rings. The monoisotopic (exact) mass is 502 g/mol. The zero-order valence-corrected chi connectivity index (χ0v) is 20.5. The molecule has 2 atom stereocenters. The molecule has 37 heavy (non-hydrogen) atoms. The molecule has 5 heterocycles. The van der Waals surface area contributed by atoms with Crippen molar-refractivity contribution in [3.8, 4) is 11.4 Å². The van der Waals surface area contributed by atoms with Crippen LogP contribution in [0.1, 0.15) is 47.0 Å². The third-order valence-electron chi connectivity index (χ3n) is 7.81. The molecule has 7 rings (SSSR count). The zero-order chi connectivity index (χ0) is 25.1. The standard InChI is InChI=1S/C27H27FN6O3/c1-16-3-4-17(24-31-26(37-32-24)19-11-21(19)28)9-22(16)30-25(35)20-12-29-34-8-5-18(10-23(20)34)33-7-2-6-27(13-33)14-36-15-27/h3-5,8-10,12,19,21H,2,6-7,11,13-15H2,1H3,(H,30,35)/t19-,21-/m0/s1. The van der Waals surface area contributed by atoms with Crippen molar-refractivity contribution >= 4 is 22.8 Å². The highest BCUT2D eigenvalue weighted by atomic mass is 19.1. The number of hydrogen-bond acceptors (Lipinski definition) is 7. The molecule has 1 aromatic carbocycles. The first kappa shape index (κ1) is 22.4. The molecule has 1 saturated carbocycles. The molecular formula is C27H27FN6O3. The quantitative estimate of drug-likeness (QED) is 0.432. The minimum atomic E-state index is -0.907. The van der Waals surface area contributed by atoms with Gasteiger partial charge in [-0.1, -0.05) is 17.3 Å². The van der Waals surface area contributed by atoms with E-state index in [0.717, 1.165) is 49.5 Å². The summed E-state index contributed by atoms with van der Waals surface area (Å²) in [5, 5.41) is 11.4. The highest BCUT2D eigenvalue weighted by Gasteiger charge is 2.44. The van der Waals surface area contributed by atoms with Crippen molar-refractivity contribution in [2.75, 3.05) is 36.5 Å². The number of alkyl halides is 1. The number of aryl methyl sites for hydroxylation is 1. The number of halogens is 1. The van der Waals surface area contributed by atoms with Crippen molar-refractivity contribution in [3.63, 3.8) is 0 Å². The van der Waals surface area contributed by atoms with E-state index >= 15 is 0 Å². The topological polar surface area (TPSA) is 97.8 Å². The molecule has 3 aliphatic rings.